The average molecular weight is 454 g/mol. The van der Waals surface area contributed by atoms with Gasteiger partial charge in [-0.25, -0.2) is 13.4 Å². The van der Waals surface area contributed by atoms with Crippen molar-refractivity contribution in [3.63, 3.8) is 0 Å². The van der Waals surface area contributed by atoms with Crippen molar-refractivity contribution in [2.45, 2.75) is 23.3 Å². The fourth-order valence-corrected chi connectivity index (χ4v) is 6.07. The molecule has 0 saturated carbocycles. The molecule has 1 saturated heterocycles. The van der Waals surface area contributed by atoms with Gasteiger partial charge in [-0.2, -0.15) is 11.8 Å². The standard InChI is InChI=1S/C17H15ClF3NO4S2/c1-28(23,24)13-8-14(27-9-13)10-6-15(18)22-16(7-10)25-11-2-4-12(5-3-11)26-17(19,20)21/h2-7,13-14H,8-9H2,1H3. The molecular formula is C17H15ClF3NO4S2. The molecule has 2 unspecified atom stereocenters. The first-order valence-corrected chi connectivity index (χ1v) is 11.4. The number of alkyl halides is 3. The van der Waals surface area contributed by atoms with Crippen LogP contribution >= 0.6 is 23.4 Å². The van der Waals surface area contributed by atoms with Gasteiger partial charge >= 0.3 is 6.36 Å². The Labute approximate surface area is 169 Å². The summed E-state index contributed by atoms with van der Waals surface area (Å²) >= 11 is 7.57. The number of benzene rings is 1. The number of ether oxygens (including phenoxy) is 2. The number of hydrogen-bond donors (Lipinski definition) is 0. The Hall–Kier alpha value is -1.65. The van der Waals surface area contributed by atoms with Crippen LogP contribution in [0.2, 0.25) is 5.15 Å². The quantitative estimate of drug-likeness (QED) is 0.592. The summed E-state index contributed by atoms with van der Waals surface area (Å²) in [6.45, 7) is 0. The molecule has 1 aromatic heterocycles. The monoisotopic (exact) mass is 453 g/mol. The van der Waals surface area contributed by atoms with Crippen molar-refractivity contribution >= 4 is 33.2 Å². The summed E-state index contributed by atoms with van der Waals surface area (Å²) in [6, 6.07) is 8.17. The van der Waals surface area contributed by atoms with Gasteiger partial charge in [-0.3, -0.25) is 0 Å². The number of pyridine rings is 1. The van der Waals surface area contributed by atoms with Crippen molar-refractivity contribution in [2.24, 2.45) is 0 Å². The summed E-state index contributed by atoms with van der Waals surface area (Å²) in [5, 5.41) is -0.307. The van der Waals surface area contributed by atoms with E-state index in [2.05, 4.69) is 9.72 Å². The largest absolute Gasteiger partial charge is 0.573 e. The van der Waals surface area contributed by atoms with E-state index < -0.39 is 21.4 Å². The first-order valence-electron chi connectivity index (χ1n) is 8.01. The third kappa shape index (κ3) is 5.68. The smallest absolute Gasteiger partial charge is 0.439 e. The van der Waals surface area contributed by atoms with Gasteiger partial charge in [-0.1, -0.05) is 11.6 Å². The summed E-state index contributed by atoms with van der Waals surface area (Å²) in [6.07, 6.45) is -3.08. The van der Waals surface area contributed by atoms with E-state index in [0.717, 1.165) is 17.7 Å². The van der Waals surface area contributed by atoms with Gasteiger partial charge < -0.3 is 9.47 Å². The highest BCUT2D eigenvalue weighted by molar-refractivity contribution is 8.01. The molecule has 0 N–H and O–H groups in total. The molecule has 1 fully saturated rings. The highest BCUT2D eigenvalue weighted by Crippen LogP contribution is 2.43. The molecule has 2 heterocycles. The van der Waals surface area contributed by atoms with Crippen LogP contribution in [-0.2, 0) is 9.84 Å². The SMILES string of the molecule is CS(=O)(=O)C1CSC(c2cc(Cl)nc(Oc3ccc(OC(F)(F)F)cc3)c2)C1. The summed E-state index contributed by atoms with van der Waals surface area (Å²) in [5.74, 6) is 0.549. The highest BCUT2D eigenvalue weighted by Gasteiger charge is 2.33. The van der Waals surface area contributed by atoms with E-state index in [9.17, 15) is 21.6 Å². The molecule has 5 nitrogen and oxygen atoms in total. The van der Waals surface area contributed by atoms with Gasteiger partial charge in [0, 0.05) is 23.3 Å². The number of thioether (sulfide) groups is 1. The lowest BCUT2D eigenvalue weighted by Gasteiger charge is -2.13. The van der Waals surface area contributed by atoms with Gasteiger partial charge in [0.25, 0.3) is 0 Å². The lowest BCUT2D eigenvalue weighted by Crippen LogP contribution is -2.18. The minimum Gasteiger partial charge on any atom is -0.439 e. The second kappa shape index (κ2) is 8.00. The predicted octanol–water partition coefficient (Wildman–Crippen LogP) is 5.02. The zero-order valence-corrected chi connectivity index (χ0v) is 16.8. The van der Waals surface area contributed by atoms with E-state index >= 15 is 0 Å². The minimum absolute atomic E-state index is 0.0647. The fourth-order valence-electron chi connectivity index (χ4n) is 2.69. The molecule has 1 aromatic carbocycles. The van der Waals surface area contributed by atoms with Crippen molar-refractivity contribution in [1.29, 1.82) is 0 Å². The van der Waals surface area contributed by atoms with Crippen LogP contribution in [0.1, 0.15) is 17.2 Å². The molecule has 3 rings (SSSR count). The number of sulfone groups is 1. The lowest BCUT2D eigenvalue weighted by molar-refractivity contribution is -0.274. The molecule has 1 aliphatic heterocycles. The second-order valence-corrected chi connectivity index (χ2v) is 10.1. The molecule has 0 radical (unpaired) electrons. The van der Waals surface area contributed by atoms with Gasteiger partial charge in [-0.15, -0.1) is 13.2 Å². The molecule has 2 atom stereocenters. The Morgan fingerprint density at radius 2 is 1.82 bits per heavy atom. The minimum atomic E-state index is -4.77. The highest BCUT2D eigenvalue weighted by atomic mass is 35.5. The number of nitrogens with zero attached hydrogens (tertiary/aromatic N) is 1. The number of rotatable bonds is 5. The van der Waals surface area contributed by atoms with Crippen molar-refractivity contribution in [1.82, 2.24) is 4.98 Å². The van der Waals surface area contributed by atoms with Crippen molar-refractivity contribution in [2.75, 3.05) is 12.0 Å². The van der Waals surface area contributed by atoms with Crippen molar-refractivity contribution < 1.29 is 31.1 Å². The third-order valence-electron chi connectivity index (χ3n) is 4.01. The van der Waals surface area contributed by atoms with Crippen LogP contribution in [0, 0.1) is 0 Å². The van der Waals surface area contributed by atoms with Crippen LogP contribution < -0.4 is 9.47 Å². The Balaban J connectivity index is 1.74. The van der Waals surface area contributed by atoms with Gasteiger partial charge in [0.2, 0.25) is 5.88 Å². The van der Waals surface area contributed by atoms with Crippen LogP contribution in [-0.4, -0.2) is 37.0 Å². The van der Waals surface area contributed by atoms with E-state index in [4.69, 9.17) is 16.3 Å². The van der Waals surface area contributed by atoms with Crippen LogP contribution in [0.3, 0.4) is 0 Å². The molecule has 0 amide bonds. The normalized spacial score (nSPS) is 20.2. The van der Waals surface area contributed by atoms with Gasteiger partial charge in [0.15, 0.2) is 9.84 Å². The van der Waals surface area contributed by atoms with Crippen LogP contribution in [0.4, 0.5) is 13.2 Å². The van der Waals surface area contributed by atoms with E-state index in [1.807, 2.05) is 0 Å². The van der Waals surface area contributed by atoms with E-state index in [-0.39, 0.29) is 27.8 Å². The van der Waals surface area contributed by atoms with Gasteiger partial charge in [-0.05, 0) is 42.3 Å². The Morgan fingerprint density at radius 1 is 1.18 bits per heavy atom. The molecule has 0 aliphatic carbocycles. The molecule has 0 spiro atoms. The maximum atomic E-state index is 12.2. The summed E-state index contributed by atoms with van der Waals surface area (Å²) < 4.78 is 69.5. The van der Waals surface area contributed by atoms with E-state index in [1.165, 1.54) is 30.2 Å². The van der Waals surface area contributed by atoms with E-state index in [0.29, 0.717) is 12.2 Å². The van der Waals surface area contributed by atoms with Gasteiger partial charge in [0.1, 0.15) is 16.7 Å². The summed E-state index contributed by atoms with van der Waals surface area (Å²) in [7, 11) is -3.12. The molecule has 0 bridgehead atoms. The molecular weight excluding hydrogens is 439 g/mol. The third-order valence-corrected chi connectivity index (χ3v) is 7.45. The Kier molecular flexibility index (Phi) is 6.02. The van der Waals surface area contributed by atoms with Crippen LogP contribution in [0.15, 0.2) is 36.4 Å². The lowest BCUT2D eigenvalue weighted by atomic mass is 10.1. The molecule has 152 valence electrons. The maximum absolute atomic E-state index is 12.2. The first-order chi connectivity index (χ1) is 13.0. The zero-order chi connectivity index (χ0) is 20.5. The van der Waals surface area contributed by atoms with Crippen molar-refractivity contribution in [3.05, 3.63) is 47.1 Å². The number of aromatic nitrogens is 1. The van der Waals surface area contributed by atoms with Crippen LogP contribution in [0.25, 0.3) is 0 Å². The van der Waals surface area contributed by atoms with Crippen LogP contribution in [0.5, 0.6) is 17.4 Å². The number of hydrogen-bond acceptors (Lipinski definition) is 6. The second-order valence-electron chi connectivity index (χ2n) is 6.19. The molecule has 2 aromatic rings. The van der Waals surface area contributed by atoms with Crippen molar-refractivity contribution in [3.8, 4) is 17.4 Å². The molecule has 11 heteroatoms. The topological polar surface area (TPSA) is 65.5 Å². The summed E-state index contributed by atoms with van der Waals surface area (Å²) in [4.78, 5) is 4.05. The molecule has 1 aliphatic rings. The van der Waals surface area contributed by atoms with Gasteiger partial charge in [0.05, 0.1) is 5.25 Å². The predicted molar refractivity (Wildman–Crippen MR) is 101 cm³/mol. The molecule has 28 heavy (non-hydrogen) atoms. The number of halogens is 4. The van der Waals surface area contributed by atoms with E-state index in [1.54, 1.807) is 12.1 Å². The maximum Gasteiger partial charge on any atom is 0.573 e. The Morgan fingerprint density at radius 3 is 2.39 bits per heavy atom. The first kappa shape index (κ1) is 21.1. The average Bonchev–Trinajstić information content (AvgIpc) is 3.05. The fraction of sp³-hybridized carbons (Fsp3) is 0.353. The Bertz CT molecular complexity index is 952. The zero-order valence-electron chi connectivity index (χ0n) is 14.4. The summed E-state index contributed by atoms with van der Waals surface area (Å²) in [5.41, 5.74) is 0.781.